The van der Waals surface area contributed by atoms with Gasteiger partial charge in [0.1, 0.15) is 0 Å². The van der Waals surface area contributed by atoms with E-state index in [1.807, 2.05) is 42.5 Å². The van der Waals surface area contributed by atoms with Gasteiger partial charge < -0.3 is 13.8 Å². The van der Waals surface area contributed by atoms with Crippen molar-refractivity contribution in [1.29, 1.82) is 0 Å². The number of para-hydroxylation sites is 2. The SMILES string of the molecule is COCCn1c(SCc2nc(-c3cccc(Br)c3)no2)nc2ccccc21. The minimum Gasteiger partial charge on any atom is -0.383 e. The van der Waals surface area contributed by atoms with Gasteiger partial charge in [-0.3, -0.25) is 0 Å². The number of rotatable bonds is 7. The Morgan fingerprint density at radius 2 is 2.04 bits per heavy atom. The number of nitrogens with zero attached hydrogens (tertiary/aromatic N) is 4. The maximum atomic E-state index is 5.42. The first-order valence-corrected chi connectivity index (χ1v) is 10.2. The van der Waals surface area contributed by atoms with E-state index in [9.17, 15) is 0 Å². The zero-order chi connectivity index (χ0) is 18.6. The first-order chi connectivity index (χ1) is 13.2. The highest BCUT2D eigenvalue weighted by Crippen LogP contribution is 2.27. The van der Waals surface area contributed by atoms with Gasteiger partial charge in [0.25, 0.3) is 0 Å². The Kier molecular flexibility index (Phi) is 5.56. The van der Waals surface area contributed by atoms with Gasteiger partial charge >= 0.3 is 0 Å². The maximum absolute atomic E-state index is 5.42. The Labute approximate surface area is 169 Å². The maximum Gasteiger partial charge on any atom is 0.237 e. The van der Waals surface area contributed by atoms with E-state index in [4.69, 9.17) is 14.2 Å². The molecule has 8 heteroatoms. The third-order valence-electron chi connectivity index (χ3n) is 4.01. The number of aromatic nitrogens is 4. The van der Waals surface area contributed by atoms with Crippen molar-refractivity contribution in [3.63, 3.8) is 0 Å². The summed E-state index contributed by atoms with van der Waals surface area (Å²) in [4.78, 5) is 9.23. The second kappa shape index (κ2) is 8.24. The number of hydrogen-bond acceptors (Lipinski definition) is 6. The lowest BCUT2D eigenvalue weighted by Gasteiger charge is -2.07. The molecule has 0 N–H and O–H groups in total. The highest BCUT2D eigenvalue weighted by molar-refractivity contribution is 9.10. The van der Waals surface area contributed by atoms with Gasteiger partial charge in [0.05, 0.1) is 23.4 Å². The molecular formula is C19H17BrN4O2S. The molecule has 0 saturated carbocycles. The third kappa shape index (κ3) is 4.07. The lowest BCUT2D eigenvalue weighted by atomic mass is 10.2. The van der Waals surface area contributed by atoms with Crippen LogP contribution in [0.25, 0.3) is 22.4 Å². The second-order valence-electron chi connectivity index (χ2n) is 5.84. The Balaban J connectivity index is 1.53. The molecule has 0 spiro atoms. The van der Waals surface area contributed by atoms with Gasteiger partial charge in [0, 0.05) is 23.7 Å². The predicted molar refractivity (Wildman–Crippen MR) is 109 cm³/mol. The number of hydrogen-bond donors (Lipinski definition) is 0. The smallest absolute Gasteiger partial charge is 0.237 e. The van der Waals surface area contributed by atoms with Gasteiger partial charge in [0.15, 0.2) is 5.16 Å². The Morgan fingerprint density at radius 1 is 1.15 bits per heavy atom. The summed E-state index contributed by atoms with van der Waals surface area (Å²) in [7, 11) is 1.70. The van der Waals surface area contributed by atoms with E-state index >= 15 is 0 Å². The molecule has 27 heavy (non-hydrogen) atoms. The van der Waals surface area contributed by atoms with Crippen LogP contribution in [0.3, 0.4) is 0 Å². The second-order valence-corrected chi connectivity index (χ2v) is 7.70. The van der Waals surface area contributed by atoms with Crippen molar-refractivity contribution in [3.8, 4) is 11.4 Å². The zero-order valence-electron chi connectivity index (χ0n) is 14.6. The van der Waals surface area contributed by atoms with Gasteiger partial charge in [-0.1, -0.05) is 57.1 Å². The van der Waals surface area contributed by atoms with E-state index in [1.165, 1.54) is 0 Å². The standard InChI is InChI=1S/C19H17BrN4O2S/c1-25-10-9-24-16-8-3-2-7-15(16)21-19(24)27-12-17-22-18(23-26-17)13-5-4-6-14(20)11-13/h2-8,11H,9-10,12H2,1H3. The van der Waals surface area contributed by atoms with Crippen LogP contribution < -0.4 is 0 Å². The minimum absolute atomic E-state index is 0.553. The Bertz CT molecular complexity index is 1060. The van der Waals surface area contributed by atoms with Gasteiger partial charge in [-0.15, -0.1) is 0 Å². The molecule has 0 unspecified atom stereocenters. The summed E-state index contributed by atoms with van der Waals surface area (Å²) in [5.74, 6) is 1.71. The minimum atomic E-state index is 0.553. The summed E-state index contributed by atoms with van der Waals surface area (Å²) < 4.78 is 13.8. The molecule has 0 aliphatic carbocycles. The van der Waals surface area contributed by atoms with E-state index in [1.54, 1.807) is 18.9 Å². The van der Waals surface area contributed by atoms with E-state index in [0.717, 1.165) is 32.8 Å². The number of halogens is 1. The zero-order valence-corrected chi connectivity index (χ0v) is 17.0. The lowest BCUT2D eigenvalue weighted by Crippen LogP contribution is -2.05. The Hall–Kier alpha value is -2.16. The topological polar surface area (TPSA) is 66.0 Å². The van der Waals surface area contributed by atoms with Gasteiger partial charge in [-0.05, 0) is 24.3 Å². The summed E-state index contributed by atoms with van der Waals surface area (Å²) in [6.45, 7) is 1.37. The van der Waals surface area contributed by atoms with Crippen LogP contribution in [0.4, 0.5) is 0 Å². The van der Waals surface area contributed by atoms with Crippen LogP contribution in [-0.4, -0.2) is 33.4 Å². The molecule has 0 fully saturated rings. The van der Waals surface area contributed by atoms with Crippen molar-refractivity contribution >= 4 is 38.7 Å². The number of fused-ring (bicyclic) bond motifs is 1. The number of benzene rings is 2. The average Bonchev–Trinajstić information content (AvgIpc) is 3.29. The van der Waals surface area contributed by atoms with Crippen molar-refractivity contribution in [2.45, 2.75) is 17.5 Å². The lowest BCUT2D eigenvalue weighted by molar-refractivity contribution is 0.186. The van der Waals surface area contributed by atoms with Crippen molar-refractivity contribution in [1.82, 2.24) is 19.7 Å². The fourth-order valence-corrected chi connectivity index (χ4v) is 4.02. The summed E-state index contributed by atoms with van der Waals surface area (Å²) >= 11 is 5.04. The predicted octanol–water partition coefficient (Wildman–Crippen LogP) is 4.79. The molecule has 2 heterocycles. The highest BCUT2D eigenvalue weighted by atomic mass is 79.9. The molecule has 4 aromatic rings. The molecule has 0 aliphatic rings. The molecule has 0 bridgehead atoms. The monoisotopic (exact) mass is 444 g/mol. The van der Waals surface area contributed by atoms with Gasteiger partial charge in [-0.2, -0.15) is 4.98 Å². The molecule has 0 radical (unpaired) electrons. The first kappa shape index (κ1) is 18.2. The highest BCUT2D eigenvalue weighted by Gasteiger charge is 2.14. The van der Waals surface area contributed by atoms with Crippen LogP contribution in [0.1, 0.15) is 5.89 Å². The summed E-state index contributed by atoms with van der Waals surface area (Å²) in [6.07, 6.45) is 0. The van der Waals surface area contributed by atoms with Crippen molar-refractivity contribution in [2.75, 3.05) is 13.7 Å². The van der Waals surface area contributed by atoms with Crippen LogP contribution in [0.5, 0.6) is 0 Å². The van der Waals surface area contributed by atoms with Crippen LogP contribution in [0.2, 0.25) is 0 Å². The fraction of sp³-hybridized carbons (Fsp3) is 0.211. The average molecular weight is 445 g/mol. The third-order valence-corrected chi connectivity index (χ3v) is 5.47. The van der Waals surface area contributed by atoms with E-state index in [0.29, 0.717) is 24.1 Å². The molecule has 2 aromatic carbocycles. The molecule has 0 saturated heterocycles. The van der Waals surface area contributed by atoms with Crippen molar-refractivity contribution in [3.05, 3.63) is 58.9 Å². The summed E-state index contributed by atoms with van der Waals surface area (Å²) in [6, 6.07) is 15.9. The van der Waals surface area contributed by atoms with E-state index in [2.05, 4.69) is 36.7 Å². The van der Waals surface area contributed by atoms with Crippen molar-refractivity contribution in [2.24, 2.45) is 0 Å². The van der Waals surface area contributed by atoms with Crippen molar-refractivity contribution < 1.29 is 9.26 Å². The molecule has 6 nitrogen and oxygen atoms in total. The molecule has 0 amide bonds. The molecule has 0 atom stereocenters. The quantitative estimate of drug-likeness (QED) is 0.381. The van der Waals surface area contributed by atoms with Crippen LogP contribution in [0.15, 0.2) is 62.7 Å². The number of imidazole rings is 1. The summed E-state index contributed by atoms with van der Waals surface area (Å²) in [5, 5.41) is 5.00. The molecule has 4 rings (SSSR count). The first-order valence-electron chi connectivity index (χ1n) is 8.40. The van der Waals surface area contributed by atoms with Crippen LogP contribution in [0, 0.1) is 0 Å². The molecule has 138 valence electrons. The van der Waals surface area contributed by atoms with Crippen LogP contribution in [-0.2, 0) is 17.0 Å². The molecular weight excluding hydrogens is 428 g/mol. The number of methoxy groups -OCH3 is 1. The normalized spacial score (nSPS) is 11.3. The van der Waals surface area contributed by atoms with E-state index in [-0.39, 0.29) is 0 Å². The molecule has 2 aromatic heterocycles. The summed E-state index contributed by atoms with van der Waals surface area (Å²) in [5.41, 5.74) is 2.98. The fourth-order valence-electron chi connectivity index (χ4n) is 2.75. The Morgan fingerprint density at radius 3 is 2.89 bits per heavy atom. The van der Waals surface area contributed by atoms with Gasteiger partial charge in [0.2, 0.25) is 11.7 Å². The van der Waals surface area contributed by atoms with E-state index < -0.39 is 0 Å². The number of thioether (sulfide) groups is 1. The largest absolute Gasteiger partial charge is 0.383 e. The van der Waals surface area contributed by atoms with Gasteiger partial charge in [-0.25, -0.2) is 4.98 Å². The molecule has 0 aliphatic heterocycles. The van der Waals surface area contributed by atoms with Crippen LogP contribution >= 0.6 is 27.7 Å². The number of ether oxygens (including phenoxy) is 1.